The topological polar surface area (TPSA) is 61.4 Å². The second kappa shape index (κ2) is 7.25. The predicted molar refractivity (Wildman–Crippen MR) is 103 cm³/mol. The van der Waals surface area contributed by atoms with Gasteiger partial charge < -0.3 is 15.7 Å². The monoisotopic (exact) mass is 372 g/mol. The summed E-state index contributed by atoms with van der Waals surface area (Å²) in [5.41, 5.74) is 2.93. The standard InChI is InChI=1S/C19H17ClN2O2S/c1-11-17(16(24)9-12-4-2-6-14(20)8-12)18(22-19(25)21-11)13-5-3-7-15(23)10-13/h2-8,10,18,23H,9H2,1H3,(H2,21,22,25). The van der Waals surface area contributed by atoms with Crippen molar-refractivity contribution >= 4 is 34.7 Å². The van der Waals surface area contributed by atoms with Crippen LogP contribution in [-0.2, 0) is 11.2 Å². The molecule has 1 atom stereocenters. The molecule has 128 valence electrons. The number of benzene rings is 2. The number of Topliss-reactive ketones (excluding diaryl/α,β-unsaturated/α-hetero) is 1. The zero-order chi connectivity index (χ0) is 18.0. The van der Waals surface area contributed by atoms with E-state index in [1.807, 2.05) is 25.1 Å². The fraction of sp³-hybridized carbons (Fsp3) is 0.158. The Morgan fingerprint density at radius 1 is 1.24 bits per heavy atom. The van der Waals surface area contributed by atoms with Crippen molar-refractivity contribution in [3.05, 3.63) is 76.0 Å². The van der Waals surface area contributed by atoms with E-state index >= 15 is 0 Å². The first-order chi connectivity index (χ1) is 11.9. The van der Waals surface area contributed by atoms with Crippen LogP contribution in [0.2, 0.25) is 5.02 Å². The summed E-state index contributed by atoms with van der Waals surface area (Å²) in [6.45, 7) is 1.83. The maximum absolute atomic E-state index is 13.0. The molecule has 0 saturated heterocycles. The van der Waals surface area contributed by atoms with Crippen LogP contribution < -0.4 is 10.6 Å². The number of phenols is 1. The summed E-state index contributed by atoms with van der Waals surface area (Å²) in [6, 6.07) is 13.7. The van der Waals surface area contributed by atoms with Gasteiger partial charge in [-0.05, 0) is 54.5 Å². The Labute approximate surface area is 156 Å². The quantitative estimate of drug-likeness (QED) is 0.715. The number of carbonyl (C=O) groups is 1. The van der Waals surface area contributed by atoms with Crippen molar-refractivity contribution in [2.24, 2.45) is 0 Å². The molecule has 1 aliphatic heterocycles. The molecule has 6 heteroatoms. The molecule has 0 spiro atoms. The number of halogens is 1. The number of hydrogen-bond donors (Lipinski definition) is 3. The predicted octanol–water partition coefficient (Wildman–Crippen LogP) is 3.65. The van der Waals surface area contributed by atoms with Gasteiger partial charge in [-0.25, -0.2) is 0 Å². The zero-order valence-electron chi connectivity index (χ0n) is 13.5. The maximum Gasteiger partial charge on any atom is 0.171 e. The summed E-state index contributed by atoms with van der Waals surface area (Å²) in [5, 5.41) is 17.0. The van der Waals surface area contributed by atoms with Crippen molar-refractivity contribution in [1.29, 1.82) is 0 Å². The van der Waals surface area contributed by atoms with Crippen LogP contribution >= 0.6 is 23.8 Å². The number of phenolic OH excluding ortho intramolecular Hbond substituents is 1. The van der Waals surface area contributed by atoms with Crippen LogP contribution in [-0.4, -0.2) is 16.0 Å². The first-order valence-corrected chi connectivity index (χ1v) is 8.57. The summed E-state index contributed by atoms with van der Waals surface area (Å²) >= 11 is 11.2. The normalized spacial score (nSPS) is 17.0. The number of ketones is 1. The van der Waals surface area contributed by atoms with Crippen molar-refractivity contribution in [1.82, 2.24) is 10.6 Å². The molecule has 0 aromatic heterocycles. The van der Waals surface area contributed by atoms with Crippen LogP contribution in [0.3, 0.4) is 0 Å². The molecule has 0 saturated carbocycles. The van der Waals surface area contributed by atoms with E-state index in [1.54, 1.807) is 30.3 Å². The molecular formula is C19H17ClN2O2S. The first kappa shape index (κ1) is 17.5. The van der Waals surface area contributed by atoms with Crippen molar-refractivity contribution in [3.8, 4) is 5.75 Å². The van der Waals surface area contributed by atoms with E-state index in [1.165, 1.54) is 0 Å². The van der Waals surface area contributed by atoms with Crippen LogP contribution in [0.25, 0.3) is 0 Å². The third kappa shape index (κ3) is 4.00. The van der Waals surface area contributed by atoms with Crippen LogP contribution in [0.4, 0.5) is 0 Å². The molecule has 0 bridgehead atoms. The van der Waals surface area contributed by atoms with Crippen molar-refractivity contribution in [2.45, 2.75) is 19.4 Å². The third-order valence-corrected chi connectivity index (χ3v) is 4.48. The highest BCUT2D eigenvalue weighted by Crippen LogP contribution is 2.30. The summed E-state index contributed by atoms with van der Waals surface area (Å²) in [7, 11) is 0. The average molecular weight is 373 g/mol. The number of aromatic hydroxyl groups is 1. The zero-order valence-corrected chi connectivity index (χ0v) is 15.1. The summed E-state index contributed by atoms with van der Waals surface area (Å²) in [4.78, 5) is 13.0. The number of nitrogens with one attached hydrogen (secondary N) is 2. The van der Waals surface area contributed by atoms with Gasteiger partial charge in [0.15, 0.2) is 10.9 Å². The van der Waals surface area contributed by atoms with Gasteiger partial charge in [0.1, 0.15) is 5.75 Å². The summed E-state index contributed by atoms with van der Waals surface area (Å²) in [6.07, 6.45) is 0.235. The fourth-order valence-electron chi connectivity index (χ4n) is 2.95. The smallest absolute Gasteiger partial charge is 0.171 e. The lowest BCUT2D eigenvalue weighted by molar-refractivity contribution is -0.115. The number of carbonyl (C=O) groups excluding carboxylic acids is 1. The molecule has 0 radical (unpaired) electrons. The van der Waals surface area contributed by atoms with Gasteiger partial charge in [-0.2, -0.15) is 0 Å². The van der Waals surface area contributed by atoms with E-state index in [2.05, 4.69) is 10.6 Å². The number of rotatable bonds is 4. The highest BCUT2D eigenvalue weighted by molar-refractivity contribution is 7.80. The molecular weight excluding hydrogens is 356 g/mol. The lowest BCUT2D eigenvalue weighted by atomic mass is 9.90. The number of thiocarbonyl (C=S) groups is 1. The van der Waals surface area contributed by atoms with Gasteiger partial charge in [-0.3, -0.25) is 4.79 Å². The number of allylic oxidation sites excluding steroid dienone is 1. The van der Waals surface area contributed by atoms with Crippen LogP contribution in [0, 0.1) is 0 Å². The molecule has 25 heavy (non-hydrogen) atoms. The van der Waals surface area contributed by atoms with Crippen LogP contribution in [0.5, 0.6) is 5.75 Å². The highest BCUT2D eigenvalue weighted by atomic mass is 35.5. The van der Waals surface area contributed by atoms with E-state index in [0.29, 0.717) is 21.4 Å². The molecule has 0 amide bonds. The minimum Gasteiger partial charge on any atom is -0.508 e. The fourth-order valence-corrected chi connectivity index (χ4v) is 3.43. The largest absolute Gasteiger partial charge is 0.508 e. The molecule has 2 aromatic rings. The molecule has 1 aliphatic rings. The Bertz CT molecular complexity index is 879. The van der Waals surface area contributed by atoms with E-state index < -0.39 is 6.04 Å². The molecule has 0 fully saturated rings. The Morgan fingerprint density at radius 3 is 2.72 bits per heavy atom. The van der Waals surface area contributed by atoms with Crippen molar-refractivity contribution in [3.63, 3.8) is 0 Å². The van der Waals surface area contributed by atoms with Gasteiger partial charge in [0.25, 0.3) is 0 Å². The SMILES string of the molecule is CC1=C(C(=O)Cc2cccc(Cl)c2)C(c2cccc(O)c2)NC(=S)N1. The second-order valence-electron chi connectivity index (χ2n) is 5.90. The van der Waals surface area contributed by atoms with Crippen LogP contribution in [0.15, 0.2) is 59.8 Å². The molecule has 3 rings (SSSR count). The minimum atomic E-state index is -0.410. The van der Waals surface area contributed by atoms with Gasteiger partial charge in [0, 0.05) is 22.7 Å². The lowest BCUT2D eigenvalue weighted by Gasteiger charge is -2.30. The Balaban J connectivity index is 1.96. The Morgan fingerprint density at radius 2 is 2.00 bits per heavy atom. The highest BCUT2D eigenvalue weighted by Gasteiger charge is 2.29. The van der Waals surface area contributed by atoms with Crippen molar-refractivity contribution < 1.29 is 9.90 Å². The van der Waals surface area contributed by atoms with E-state index in [-0.39, 0.29) is 18.0 Å². The van der Waals surface area contributed by atoms with Gasteiger partial charge in [0.05, 0.1) is 6.04 Å². The molecule has 2 aromatic carbocycles. The lowest BCUT2D eigenvalue weighted by Crippen LogP contribution is -2.45. The molecule has 1 unspecified atom stereocenters. The third-order valence-electron chi connectivity index (χ3n) is 4.03. The Hall–Kier alpha value is -2.37. The van der Waals surface area contributed by atoms with Gasteiger partial charge in [-0.1, -0.05) is 35.9 Å². The minimum absolute atomic E-state index is 0.0318. The summed E-state index contributed by atoms with van der Waals surface area (Å²) < 4.78 is 0. The molecule has 3 N–H and O–H groups in total. The first-order valence-electron chi connectivity index (χ1n) is 7.79. The molecule has 4 nitrogen and oxygen atoms in total. The van der Waals surface area contributed by atoms with E-state index in [4.69, 9.17) is 23.8 Å². The summed E-state index contributed by atoms with van der Waals surface area (Å²) in [5.74, 6) is 0.110. The van der Waals surface area contributed by atoms with Crippen molar-refractivity contribution in [2.75, 3.05) is 0 Å². The van der Waals surface area contributed by atoms with Crippen LogP contribution in [0.1, 0.15) is 24.1 Å². The maximum atomic E-state index is 13.0. The second-order valence-corrected chi connectivity index (χ2v) is 6.74. The molecule has 1 heterocycles. The molecule has 0 aliphatic carbocycles. The van der Waals surface area contributed by atoms with Gasteiger partial charge in [-0.15, -0.1) is 0 Å². The van der Waals surface area contributed by atoms with E-state index in [9.17, 15) is 9.90 Å². The Kier molecular flexibility index (Phi) is 5.06. The van der Waals surface area contributed by atoms with Gasteiger partial charge in [0.2, 0.25) is 0 Å². The average Bonchev–Trinajstić information content (AvgIpc) is 2.54. The van der Waals surface area contributed by atoms with Gasteiger partial charge >= 0.3 is 0 Å². The van der Waals surface area contributed by atoms with E-state index in [0.717, 1.165) is 11.1 Å². The number of hydrogen-bond acceptors (Lipinski definition) is 3.